The summed E-state index contributed by atoms with van der Waals surface area (Å²) in [5, 5.41) is 35.8. The Kier molecular flexibility index (Phi) is 5.08. The highest BCUT2D eigenvalue weighted by Crippen LogP contribution is 2.38. The van der Waals surface area contributed by atoms with Crippen LogP contribution >= 0.6 is 23.2 Å². The third-order valence-corrected chi connectivity index (χ3v) is 5.03. The molecule has 9 heteroatoms. The molecule has 1 aromatic heterocycles. The molecule has 2 unspecified atom stereocenters. The third-order valence-electron chi connectivity index (χ3n) is 4.47. The van der Waals surface area contributed by atoms with Gasteiger partial charge in [0.25, 0.3) is 0 Å². The van der Waals surface area contributed by atoms with Gasteiger partial charge in [-0.3, -0.25) is 14.7 Å². The Morgan fingerprint density at radius 1 is 1.38 bits per heavy atom. The first-order valence-corrected chi connectivity index (χ1v) is 7.80. The van der Waals surface area contributed by atoms with Gasteiger partial charge in [0.2, 0.25) is 0 Å². The zero-order valence-electron chi connectivity index (χ0n) is 12.9. The van der Waals surface area contributed by atoms with E-state index in [-0.39, 0.29) is 16.6 Å². The molecule has 0 radical (unpaired) electrons. The maximum atomic E-state index is 11.7. The number of rotatable bonds is 6. The van der Waals surface area contributed by atoms with E-state index in [0.717, 1.165) is 0 Å². The standard InChI is InChI=1S/C15H16Cl2N2O5/c1-6(13(21)22)15(2,14(23)24)4-7-3-9(16)11-10(8(7)5-20)12(17)19-18-11/h3,6,20H,4-5H2,1-2H3,(H,18,19)(H,21,22)(H,23,24). The summed E-state index contributed by atoms with van der Waals surface area (Å²) in [6, 6.07) is 1.49. The molecule has 24 heavy (non-hydrogen) atoms. The van der Waals surface area contributed by atoms with Crippen molar-refractivity contribution in [1.82, 2.24) is 10.2 Å². The summed E-state index contributed by atoms with van der Waals surface area (Å²) in [5.41, 5.74) is -0.449. The van der Waals surface area contributed by atoms with Crippen molar-refractivity contribution in [3.8, 4) is 0 Å². The molecule has 0 aliphatic rings. The minimum absolute atomic E-state index is 0.136. The summed E-state index contributed by atoms with van der Waals surface area (Å²) in [5.74, 6) is -3.63. The molecule has 0 saturated carbocycles. The fourth-order valence-electron chi connectivity index (χ4n) is 2.66. The number of aliphatic carboxylic acids is 2. The van der Waals surface area contributed by atoms with Crippen molar-refractivity contribution in [2.45, 2.75) is 26.9 Å². The van der Waals surface area contributed by atoms with Crippen LogP contribution in [-0.2, 0) is 22.6 Å². The maximum absolute atomic E-state index is 11.7. The summed E-state index contributed by atoms with van der Waals surface area (Å²) < 4.78 is 0. The molecule has 0 aliphatic heterocycles. The van der Waals surface area contributed by atoms with Crippen molar-refractivity contribution in [1.29, 1.82) is 0 Å². The Hall–Kier alpha value is -1.83. The van der Waals surface area contributed by atoms with Crippen LogP contribution in [0.3, 0.4) is 0 Å². The molecule has 7 nitrogen and oxygen atoms in total. The number of carboxylic acid groups (broad SMARTS) is 2. The highest BCUT2D eigenvalue weighted by molar-refractivity contribution is 6.39. The SMILES string of the molecule is CC(C(=O)O)C(C)(Cc1cc(Cl)c2n[nH]c(Cl)c2c1CO)C(=O)O. The molecular weight excluding hydrogens is 359 g/mol. The number of carbonyl (C=O) groups is 2. The molecule has 0 saturated heterocycles. The number of aliphatic hydroxyl groups is 1. The minimum Gasteiger partial charge on any atom is -0.481 e. The summed E-state index contributed by atoms with van der Waals surface area (Å²) >= 11 is 12.2. The Bertz CT molecular complexity index is 820. The van der Waals surface area contributed by atoms with Crippen LogP contribution in [0.5, 0.6) is 0 Å². The molecule has 0 spiro atoms. The number of aliphatic hydroxyl groups excluding tert-OH is 1. The molecule has 130 valence electrons. The lowest BCUT2D eigenvalue weighted by atomic mass is 9.72. The molecule has 2 aromatic rings. The van der Waals surface area contributed by atoms with Gasteiger partial charge in [-0.15, -0.1) is 0 Å². The summed E-state index contributed by atoms with van der Waals surface area (Å²) in [4.78, 5) is 23.0. The third kappa shape index (κ3) is 2.94. The monoisotopic (exact) mass is 374 g/mol. The fraction of sp³-hybridized carbons (Fsp3) is 0.400. The quantitative estimate of drug-likeness (QED) is 0.616. The van der Waals surface area contributed by atoms with E-state index in [1.54, 1.807) is 0 Å². The largest absolute Gasteiger partial charge is 0.481 e. The van der Waals surface area contributed by atoms with Crippen LogP contribution in [0, 0.1) is 11.3 Å². The normalized spacial score (nSPS) is 15.2. The average Bonchev–Trinajstić information content (AvgIpc) is 2.89. The number of aromatic amines is 1. The molecule has 0 bridgehead atoms. The van der Waals surface area contributed by atoms with Gasteiger partial charge >= 0.3 is 11.9 Å². The van der Waals surface area contributed by atoms with Crippen LogP contribution in [0.15, 0.2) is 6.07 Å². The Morgan fingerprint density at radius 3 is 2.50 bits per heavy atom. The fourth-order valence-corrected chi connectivity index (χ4v) is 3.17. The van der Waals surface area contributed by atoms with Crippen molar-refractivity contribution in [3.63, 3.8) is 0 Å². The zero-order chi connectivity index (χ0) is 18.2. The predicted molar refractivity (Wildman–Crippen MR) is 88.3 cm³/mol. The van der Waals surface area contributed by atoms with Crippen molar-refractivity contribution >= 4 is 46.0 Å². The highest BCUT2D eigenvalue weighted by atomic mass is 35.5. The van der Waals surface area contributed by atoms with E-state index in [4.69, 9.17) is 23.2 Å². The first kappa shape index (κ1) is 18.5. The van der Waals surface area contributed by atoms with E-state index >= 15 is 0 Å². The molecule has 0 fully saturated rings. The van der Waals surface area contributed by atoms with Crippen LogP contribution in [0.1, 0.15) is 25.0 Å². The summed E-state index contributed by atoms with van der Waals surface area (Å²) in [7, 11) is 0. The second-order valence-electron chi connectivity index (χ2n) is 5.87. The number of aromatic nitrogens is 2. The van der Waals surface area contributed by atoms with Crippen LogP contribution in [-0.4, -0.2) is 37.5 Å². The first-order valence-electron chi connectivity index (χ1n) is 7.04. The van der Waals surface area contributed by atoms with Crippen molar-refractivity contribution in [2.75, 3.05) is 0 Å². The molecule has 0 aliphatic carbocycles. The molecule has 1 heterocycles. The van der Waals surface area contributed by atoms with Gasteiger partial charge in [0, 0.05) is 5.39 Å². The van der Waals surface area contributed by atoms with Crippen LogP contribution in [0.4, 0.5) is 0 Å². The molecule has 2 atom stereocenters. The van der Waals surface area contributed by atoms with E-state index in [2.05, 4.69) is 10.2 Å². The van der Waals surface area contributed by atoms with E-state index < -0.39 is 29.9 Å². The Labute approximate surface area is 147 Å². The maximum Gasteiger partial charge on any atom is 0.310 e. The van der Waals surface area contributed by atoms with E-state index in [1.807, 2.05) is 0 Å². The average molecular weight is 375 g/mol. The molecular formula is C15H16Cl2N2O5. The van der Waals surface area contributed by atoms with Gasteiger partial charge in [-0.05, 0) is 30.5 Å². The number of carboxylic acids is 2. The van der Waals surface area contributed by atoms with E-state index in [9.17, 15) is 24.9 Å². The van der Waals surface area contributed by atoms with E-state index in [1.165, 1.54) is 19.9 Å². The van der Waals surface area contributed by atoms with Gasteiger partial charge in [0.15, 0.2) is 0 Å². The van der Waals surface area contributed by atoms with Gasteiger partial charge in [0.1, 0.15) is 10.7 Å². The lowest BCUT2D eigenvalue weighted by Crippen LogP contribution is -2.40. The molecule has 0 amide bonds. The zero-order valence-corrected chi connectivity index (χ0v) is 14.4. The second-order valence-corrected chi connectivity index (χ2v) is 6.66. The van der Waals surface area contributed by atoms with Gasteiger partial charge in [-0.1, -0.05) is 30.1 Å². The van der Waals surface area contributed by atoms with Crippen LogP contribution in [0.25, 0.3) is 10.9 Å². The molecule has 1 aromatic carbocycles. The lowest BCUT2D eigenvalue weighted by Gasteiger charge is -2.29. The van der Waals surface area contributed by atoms with Gasteiger partial charge in [-0.2, -0.15) is 5.10 Å². The Balaban J connectivity index is 2.65. The van der Waals surface area contributed by atoms with Crippen LogP contribution < -0.4 is 0 Å². The van der Waals surface area contributed by atoms with Gasteiger partial charge in [-0.25, -0.2) is 0 Å². The smallest absolute Gasteiger partial charge is 0.310 e. The first-order chi connectivity index (χ1) is 11.1. The predicted octanol–water partition coefficient (Wildman–Crippen LogP) is 2.72. The summed E-state index contributed by atoms with van der Waals surface area (Å²) in [6.07, 6.45) is -0.136. The number of fused-ring (bicyclic) bond motifs is 1. The highest BCUT2D eigenvalue weighted by Gasteiger charge is 2.43. The van der Waals surface area contributed by atoms with Gasteiger partial charge in [0.05, 0.1) is 23.0 Å². The van der Waals surface area contributed by atoms with Crippen molar-refractivity contribution < 1.29 is 24.9 Å². The van der Waals surface area contributed by atoms with Gasteiger partial charge < -0.3 is 15.3 Å². The number of hydrogen-bond donors (Lipinski definition) is 4. The molecule has 2 rings (SSSR count). The number of benzene rings is 1. The molecule has 4 N–H and O–H groups in total. The topological polar surface area (TPSA) is 124 Å². The number of nitrogens with zero attached hydrogens (tertiary/aromatic N) is 1. The summed E-state index contributed by atoms with van der Waals surface area (Å²) in [6.45, 7) is 2.27. The Morgan fingerprint density at radius 2 is 2.00 bits per heavy atom. The minimum atomic E-state index is -1.59. The number of H-pyrrole nitrogens is 1. The number of nitrogens with one attached hydrogen (secondary N) is 1. The van der Waals surface area contributed by atoms with Crippen molar-refractivity contribution in [3.05, 3.63) is 27.4 Å². The lowest BCUT2D eigenvalue weighted by molar-refractivity contribution is -0.160. The number of halogens is 2. The van der Waals surface area contributed by atoms with Crippen molar-refractivity contribution in [2.24, 2.45) is 11.3 Å². The van der Waals surface area contributed by atoms with E-state index in [0.29, 0.717) is 22.0 Å². The number of hydrogen-bond acceptors (Lipinski definition) is 4. The van der Waals surface area contributed by atoms with Crippen LogP contribution in [0.2, 0.25) is 10.2 Å². The second kappa shape index (κ2) is 6.58.